The molecular weight excluding hydrogens is 288 g/mol. The molecule has 0 heterocycles. The van der Waals surface area contributed by atoms with Gasteiger partial charge in [0.05, 0.1) is 0 Å². The maximum atomic E-state index is 12.7. The molecule has 4 nitrogen and oxygen atoms in total. The lowest BCUT2D eigenvalue weighted by molar-refractivity contribution is -0.135. The zero-order chi connectivity index (χ0) is 17.5. The lowest BCUT2D eigenvalue weighted by Gasteiger charge is -2.26. The second-order valence-electron chi connectivity index (χ2n) is 8.54. The molecule has 0 aromatic heterocycles. The molecule has 0 atom stereocenters. The Labute approximate surface area is 139 Å². The molecule has 1 saturated carbocycles. The van der Waals surface area contributed by atoms with Gasteiger partial charge in [-0.2, -0.15) is 0 Å². The van der Waals surface area contributed by atoms with Crippen molar-refractivity contribution in [3.63, 3.8) is 0 Å². The first-order valence-electron chi connectivity index (χ1n) is 8.19. The molecule has 1 aromatic rings. The Morgan fingerprint density at radius 3 is 2.00 bits per heavy atom. The Morgan fingerprint density at radius 1 is 0.957 bits per heavy atom. The van der Waals surface area contributed by atoms with Gasteiger partial charge >= 0.3 is 0 Å². The van der Waals surface area contributed by atoms with Crippen LogP contribution < -0.4 is 10.6 Å². The predicted molar refractivity (Wildman–Crippen MR) is 93.3 cm³/mol. The summed E-state index contributed by atoms with van der Waals surface area (Å²) in [7, 11) is 0. The Balaban J connectivity index is 2.19. The molecular formula is C19H28N2O2. The van der Waals surface area contributed by atoms with Crippen LogP contribution in [0.4, 0.5) is 5.69 Å². The van der Waals surface area contributed by atoms with E-state index in [2.05, 4.69) is 31.4 Å². The van der Waals surface area contributed by atoms with Crippen LogP contribution in [0.5, 0.6) is 0 Å². The largest absolute Gasteiger partial charge is 0.351 e. The summed E-state index contributed by atoms with van der Waals surface area (Å²) in [5, 5.41) is 5.92. The number of rotatable bonds is 3. The van der Waals surface area contributed by atoms with Crippen molar-refractivity contribution in [1.29, 1.82) is 0 Å². The fourth-order valence-corrected chi connectivity index (χ4v) is 2.63. The summed E-state index contributed by atoms with van der Waals surface area (Å²) in [6, 6.07) is 7.79. The van der Waals surface area contributed by atoms with E-state index in [1.165, 1.54) is 0 Å². The number of benzene rings is 1. The molecule has 1 aliphatic rings. The number of hydrogen-bond acceptors (Lipinski definition) is 2. The Bertz CT molecular complexity index is 617. The molecule has 2 amide bonds. The second-order valence-corrected chi connectivity index (χ2v) is 8.54. The summed E-state index contributed by atoms with van der Waals surface area (Å²) in [5.74, 6) is -0.369. The Hall–Kier alpha value is -1.84. The van der Waals surface area contributed by atoms with Gasteiger partial charge in [0.2, 0.25) is 11.8 Å². The number of hydrogen-bond donors (Lipinski definition) is 2. The minimum absolute atomic E-state index is 0.0751. The molecule has 126 valence electrons. The molecule has 0 saturated heterocycles. The van der Waals surface area contributed by atoms with Gasteiger partial charge in [0.15, 0.2) is 0 Å². The van der Waals surface area contributed by atoms with Gasteiger partial charge in [0.25, 0.3) is 0 Å². The average molecular weight is 316 g/mol. The Morgan fingerprint density at radius 2 is 1.52 bits per heavy atom. The Kier molecular flexibility index (Phi) is 4.31. The van der Waals surface area contributed by atoms with E-state index in [9.17, 15) is 9.59 Å². The van der Waals surface area contributed by atoms with Gasteiger partial charge in [-0.3, -0.25) is 9.59 Å². The fraction of sp³-hybridized carbons (Fsp3) is 0.579. The normalized spacial score (nSPS) is 16.6. The van der Waals surface area contributed by atoms with Gasteiger partial charge in [0.1, 0.15) is 5.41 Å². The number of amides is 2. The average Bonchev–Trinajstić information content (AvgIpc) is 3.17. The van der Waals surface area contributed by atoms with Crippen molar-refractivity contribution in [3.05, 3.63) is 29.8 Å². The van der Waals surface area contributed by atoms with Crippen LogP contribution in [0.2, 0.25) is 0 Å². The van der Waals surface area contributed by atoms with Crippen LogP contribution in [0.25, 0.3) is 0 Å². The third kappa shape index (κ3) is 3.92. The third-order valence-corrected chi connectivity index (χ3v) is 4.09. The summed E-state index contributed by atoms with van der Waals surface area (Å²) in [5.41, 5.74) is 0.545. The highest BCUT2D eigenvalue weighted by Gasteiger charge is 2.57. The molecule has 1 aliphatic carbocycles. The smallest absolute Gasteiger partial charge is 0.240 e. The van der Waals surface area contributed by atoms with E-state index in [1.807, 2.05) is 45.0 Å². The number of para-hydroxylation sites is 1. The van der Waals surface area contributed by atoms with Gasteiger partial charge in [-0.15, -0.1) is 0 Å². The van der Waals surface area contributed by atoms with E-state index in [0.29, 0.717) is 12.8 Å². The van der Waals surface area contributed by atoms with Crippen molar-refractivity contribution < 1.29 is 9.59 Å². The molecule has 0 radical (unpaired) electrons. The fourth-order valence-electron chi connectivity index (χ4n) is 2.63. The zero-order valence-corrected chi connectivity index (χ0v) is 15.0. The topological polar surface area (TPSA) is 58.2 Å². The minimum atomic E-state index is -0.904. The van der Waals surface area contributed by atoms with Crippen LogP contribution >= 0.6 is 0 Å². The quantitative estimate of drug-likeness (QED) is 0.837. The van der Waals surface area contributed by atoms with Crippen molar-refractivity contribution in [2.45, 2.75) is 65.3 Å². The maximum absolute atomic E-state index is 12.7. The first-order chi connectivity index (χ1) is 10.5. The standard InChI is InChI=1S/C19H28N2O2/c1-17(2,3)13-9-7-8-10-14(13)20-15(22)19(11-12-19)16(23)21-18(4,5)6/h7-10H,11-12H2,1-6H3,(H,20,22)(H,21,23). The second kappa shape index (κ2) is 5.66. The molecule has 0 spiro atoms. The summed E-state index contributed by atoms with van der Waals surface area (Å²) in [4.78, 5) is 25.2. The highest BCUT2D eigenvalue weighted by molar-refractivity contribution is 6.13. The van der Waals surface area contributed by atoms with E-state index < -0.39 is 5.41 Å². The molecule has 2 N–H and O–H groups in total. The highest BCUT2D eigenvalue weighted by atomic mass is 16.2. The van der Waals surface area contributed by atoms with Gasteiger partial charge in [-0.05, 0) is 50.7 Å². The molecule has 0 aliphatic heterocycles. The van der Waals surface area contributed by atoms with Gasteiger partial charge in [-0.25, -0.2) is 0 Å². The van der Waals surface area contributed by atoms with Crippen LogP contribution in [-0.4, -0.2) is 17.4 Å². The van der Waals surface area contributed by atoms with E-state index in [1.54, 1.807) is 0 Å². The van der Waals surface area contributed by atoms with Gasteiger partial charge in [0, 0.05) is 11.2 Å². The van der Waals surface area contributed by atoms with Crippen molar-refractivity contribution in [2.24, 2.45) is 5.41 Å². The highest BCUT2D eigenvalue weighted by Crippen LogP contribution is 2.47. The van der Waals surface area contributed by atoms with E-state index in [0.717, 1.165) is 11.3 Å². The van der Waals surface area contributed by atoms with Crippen molar-refractivity contribution >= 4 is 17.5 Å². The van der Waals surface area contributed by atoms with E-state index in [4.69, 9.17) is 0 Å². The first kappa shape index (κ1) is 17.5. The molecule has 23 heavy (non-hydrogen) atoms. The van der Waals surface area contributed by atoms with E-state index in [-0.39, 0.29) is 22.8 Å². The van der Waals surface area contributed by atoms with Crippen LogP contribution in [0.1, 0.15) is 59.9 Å². The van der Waals surface area contributed by atoms with Crippen LogP contribution in [0.3, 0.4) is 0 Å². The monoisotopic (exact) mass is 316 g/mol. The van der Waals surface area contributed by atoms with Crippen LogP contribution in [-0.2, 0) is 15.0 Å². The zero-order valence-electron chi connectivity index (χ0n) is 15.0. The minimum Gasteiger partial charge on any atom is -0.351 e. The molecule has 1 aromatic carbocycles. The molecule has 1 fully saturated rings. The molecule has 0 unspecified atom stereocenters. The summed E-state index contributed by atoms with van der Waals surface area (Å²) in [6.07, 6.45) is 1.22. The van der Waals surface area contributed by atoms with Crippen LogP contribution in [0, 0.1) is 5.41 Å². The number of anilines is 1. The van der Waals surface area contributed by atoms with Gasteiger partial charge < -0.3 is 10.6 Å². The first-order valence-corrected chi connectivity index (χ1v) is 8.19. The molecule has 2 rings (SSSR count). The van der Waals surface area contributed by atoms with Crippen LogP contribution in [0.15, 0.2) is 24.3 Å². The van der Waals surface area contributed by atoms with Crippen molar-refractivity contribution in [1.82, 2.24) is 5.32 Å². The SMILES string of the molecule is CC(C)(C)NC(=O)C1(C(=O)Nc2ccccc2C(C)(C)C)CC1. The molecule has 4 heteroatoms. The summed E-state index contributed by atoms with van der Waals surface area (Å²) in [6.45, 7) is 12.1. The van der Waals surface area contributed by atoms with Crippen molar-refractivity contribution in [3.8, 4) is 0 Å². The summed E-state index contributed by atoms with van der Waals surface area (Å²) < 4.78 is 0. The summed E-state index contributed by atoms with van der Waals surface area (Å²) >= 11 is 0. The number of carbonyl (C=O) groups excluding carboxylic acids is 2. The van der Waals surface area contributed by atoms with Gasteiger partial charge in [-0.1, -0.05) is 39.0 Å². The predicted octanol–water partition coefficient (Wildman–Crippen LogP) is 3.62. The number of carbonyl (C=O) groups is 2. The third-order valence-electron chi connectivity index (χ3n) is 4.09. The van der Waals surface area contributed by atoms with E-state index >= 15 is 0 Å². The maximum Gasteiger partial charge on any atom is 0.240 e. The lowest BCUT2D eigenvalue weighted by atomic mass is 9.85. The number of nitrogens with one attached hydrogen (secondary N) is 2. The van der Waals surface area contributed by atoms with Crippen molar-refractivity contribution in [2.75, 3.05) is 5.32 Å². The molecule has 0 bridgehead atoms. The lowest BCUT2D eigenvalue weighted by Crippen LogP contribution is -2.48.